The highest BCUT2D eigenvalue weighted by atomic mass is 16.3. The Hall–Kier alpha value is -1.58. The van der Waals surface area contributed by atoms with Gasteiger partial charge in [0.15, 0.2) is 0 Å². The second-order valence-electron chi connectivity index (χ2n) is 5.05. The standard InChI is InChI=1S/C16H22N2O/c1-12-9-15(11-17-10-13(2)19)14(3)18(12)16-7-5-4-6-8-16/h4-9,13,17,19H,10-11H2,1-3H3. The molecule has 1 aromatic heterocycles. The molecule has 0 fully saturated rings. The van der Waals surface area contributed by atoms with E-state index in [1.807, 2.05) is 6.07 Å². The zero-order chi connectivity index (χ0) is 13.8. The third kappa shape index (κ3) is 3.25. The lowest BCUT2D eigenvalue weighted by Gasteiger charge is -2.10. The number of rotatable bonds is 5. The van der Waals surface area contributed by atoms with E-state index in [1.165, 1.54) is 22.6 Å². The first-order valence-corrected chi connectivity index (χ1v) is 6.71. The van der Waals surface area contributed by atoms with E-state index in [0.717, 1.165) is 6.54 Å². The molecule has 0 radical (unpaired) electrons. The van der Waals surface area contributed by atoms with Gasteiger partial charge in [-0.25, -0.2) is 0 Å². The molecule has 0 saturated carbocycles. The van der Waals surface area contributed by atoms with Crippen molar-refractivity contribution in [3.8, 4) is 5.69 Å². The van der Waals surface area contributed by atoms with E-state index in [0.29, 0.717) is 6.54 Å². The molecule has 3 nitrogen and oxygen atoms in total. The number of hydrogen-bond acceptors (Lipinski definition) is 2. The topological polar surface area (TPSA) is 37.2 Å². The molecule has 0 bridgehead atoms. The summed E-state index contributed by atoms with van der Waals surface area (Å²) >= 11 is 0. The molecule has 2 aromatic rings. The first-order valence-electron chi connectivity index (χ1n) is 6.71. The summed E-state index contributed by atoms with van der Waals surface area (Å²) in [5.74, 6) is 0. The third-order valence-corrected chi connectivity index (χ3v) is 3.31. The largest absolute Gasteiger partial charge is 0.392 e. The van der Waals surface area contributed by atoms with E-state index in [4.69, 9.17) is 0 Å². The molecule has 1 unspecified atom stereocenters. The molecule has 0 aliphatic rings. The maximum atomic E-state index is 9.27. The first-order chi connectivity index (χ1) is 9.09. The number of aryl methyl sites for hydroxylation is 1. The summed E-state index contributed by atoms with van der Waals surface area (Å²) in [7, 11) is 0. The van der Waals surface area contributed by atoms with Crippen molar-refractivity contribution < 1.29 is 5.11 Å². The second kappa shape index (κ2) is 6.04. The quantitative estimate of drug-likeness (QED) is 0.865. The number of aliphatic hydroxyl groups excluding tert-OH is 1. The van der Waals surface area contributed by atoms with Gasteiger partial charge in [-0.05, 0) is 44.5 Å². The molecule has 102 valence electrons. The third-order valence-electron chi connectivity index (χ3n) is 3.31. The van der Waals surface area contributed by atoms with Gasteiger partial charge in [0.25, 0.3) is 0 Å². The fourth-order valence-electron chi connectivity index (χ4n) is 2.40. The Morgan fingerprint density at radius 1 is 1.21 bits per heavy atom. The van der Waals surface area contributed by atoms with Gasteiger partial charge in [0, 0.05) is 30.2 Å². The van der Waals surface area contributed by atoms with Crippen LogP contribution in [0.2, 0.25) is 0 Å². The van der Waals surface area contributed by atoms with Gasteiger partial charge in [0.1, 0.15) is 0 Å². The SMILES string of the molecule is Cc1cc(CNCC(C)O)c(C)n1-c1ccccc1. The number of benzene rings is 1. The summed E-state index contributed by atoms with van der Waals surface area (Å²) in [6, 6.07) is 12.6. The van der Waals surface area contributed by atoms with Gasteiger partial charge in [0.05, 0.1) is 6.10 Å². The van der Waals surface area contributed by atoms with E-state index in [9.17, 15) is 5.11 Å². The Morgan fingerprint density at radius 2 is 1.89 bits per heavy atom. The Kier molecular flexibility index (Phi) is 4.40. The molecule has 2 rings (SSSR count). The molecule has 1 heterocycles. The van der Waals surface area contributed by atoms with Crippen LogP contribution in [0.5, 0.6) is 0 Å². The van der Waals surface area contributed by atoms with Crippen molar-refractivity contribution in [3.63, 3.8) is 0 Å². The van der Waals surface area contributed by atoms with Crippen LogP contribution in [0.3, 0.4) is 0 Å². The van der Waals surface area contributed by atoms with Crippen LogP contribution in [0.25, 0.3) is 5.69 Å². The van der Waals surface area contributed by atoms with Gasteiger partial charge in [0.2, 0.25) is 0 Å². The zero-order valence-corrected chi connectivity index (χ0v) is 11.9. The van der Waals surface area contributed by atoms with Gasteiger partial charge < -0.3 is 15.0 Å². The number of aromatic nitrogens is 1. The van der Waals surface area contributed by atoms with Crippen molar-refractivity contribution >= 4 is 0 Å². The van der Waals surface area contributed by atoms with Crippen LogP contribution in [0.15, 0.2) is 36.4 Å². The van der Waals surface area contributed by atoms with Crippen LogP contribution in [-0.4, -0.2) is 22.3 Å². The van der Waals surface area contributed by atoms with Crippen molar-refractivity contribution in [1.82, 2.24) is 9.88 Å². The summed E-state index contributed by atoms with van der Waals surface area (Å²) in [4.78, 5) is 0. The lowest BCUT2D eigenvalue weighted by Crippen LogP contribution is -2.24. The van der Waals surface area contributed by atoms with Crippen molar-refractivity contribution in [2.45, 2.75) is 33.4 Å². The average Bonchev–Trinajstić information content (AvgIpc) is 2.65. The predicted molar refractivity (Wildman–Crippen MR) is 78.6 cm³/mol. The predicted octanol–water partition coefficient (Wildman–Crippen LogP) is 2.56. The number of nitrogens with zero attached hydrogens (tertiary/aromatic N) is 1. The van der Waals surface area contributed by atoms with Crippen LogP contribution in [0, 0.1) is 13.8 Å². The van der Waals surface area contributed by atoms with E-state index in [-0.39, 0.29) is 6.10 Å². The Morgan fingerprint density at radius 3 is 2.53 bits per heavy atom. The molecule has 0 amide bonds. The van der Waals surface area contributed by atoms with Crippen molar-refractivity contribution in [1.29, 1.82) is 0 Å². The molecule has 0 saturated heterocycles. The monoisotopic (exact) mass is 258 g/mol. The van der Waals surface area contributed by atoms with Crippen LogP contribution < -0.4 is 5.32 Å². The highest BCUT2D eigenvalue weighted by molar-refractivity contribution is 5.40. The summed E-state index contributed by atoms with van der Waals surface area (Å²) in [6.07, 6.45) is -0.308. The molecule has 3 heteroatoms. The van der Waals surface area contributed by atoms with Crippen LogP contribution in [0.1, 0.15) is 23.9 Å². The number of nitrogens with one attached hydrogen (secondary N) is 1. The smallest absolute Gasteiger partial charge is 0.0636 e. The summed E-state index contributed by atoms with van der Waals surface area (Å²) in [5.41, 5.74) is 4.96. The molecule has 0 aliphatic carbocycles. The number of hydrogen-bond donors (Lipinski definition) is 2. The summed E-state index contributed by atoms with van der Waals surface area (Å²) < 4.78 is 2.26. The summed E-state index contributed by atoms with van der Waals surface area (Å²) in [5, 5.41) is 12.5. The highest BCUT2D eigenvalue weighted by Gasteiger charge is 2.10. The van der Waals surface area contributed by atoms with E-state index in [1.54, 1.807) is 6.92 Å². The van der Waals surface area contributed by atoms with Crippen molar-refractivity contribution in [2.24, 2.45) is 0 Å². The number of para-hydroxylation sites is 1. The first kappa shape index (κ1) is 13.8. The van der Waals surface area contributed by atoms with Gasteiger partial charge in [-0.2, -0.15) is 0 Å². The maximum absolute atomic E-state index is 9.27. The van der Waals surface area contributed by atoms with Gasteiger partial charge in [-0.3, -0.25) is 0 Å². The molecule has 19 heavy (non-hydrogen) atoms. The van der Waals surface area contributed by atoms with Crippen molar-refractivity contribution in [3.05, 3.63) is 53.3 Å². The van der Waals surface area contributed by atoms with Crippen LogP contribution >= 0.6 is 0 Å². The second-order valence-corrected chi connectivity index (χ2v) is 5.05. The van der Waals surface area contributed by atoms with E-state index in [2.05, 4.69) is 54.1 Å². The number of aliphatic hydroxyl groups is 1. The summed E-state index contributed by atoms with van der Waals surface area (Å²) in [6.45, 7) is 7.46. The molecule has 1 atom stereocenters. The Balaban J connectivity index is 2.20. The molecule has 0 spiro atoms. The normalized spacial score (nSPS) is 12.6. The minimum atomic E-state index is -0.308. The lowest BCUT2D eigenvalue weighted by molar-refractivity contribution is 0.191. The Bertz CT molecular complexity index is 529. The Labute approximate surface area is 114 Å². The van der Waals surface area contributed by atoms with Gasteiger partial charge in [-0.1, -0.05) is 18.2 Å². The molecule has 1 aromatic carbocycles. The lowest BCUT2D eigenvalue weighted by atomic mass is 10.2. The fraction of sp³-hybridized carbons (Fsp3) is 0.375. The van der Waals surface area contributed by atoms with E-state index < -0.39 is 0 Å². The molecular weight excluding hydrogens is 236 g/mol. The zero-order valence-electron chi connectivity index (χ0n) is 11.9. The van der Waals surface area contributed by atoms with Crippen LogP contribution in [0.4, 0.5) is 0 Å². The average molecular weight is 258 g/mol. The minimum Gasteiger partial charge on any atom is -0.392 e. The fourth-order valence-corrected chi connectivity index (χ4v) is 2.40. The van der Waals surface area contributed by atoms with Gasteiger partial charge in [-0.15, -0.1) is 0 Å². The van der Waals surface area contributed by atoms with Crippen molar-refractivity contribution in [2.75, 3.05) is 6.54 Å². The molecular formula is C16H22N2O. The van der Waals surface area contributed by atoms with E-state index >= 15 is 0 Å². The molecule has 0 aliphatic heterocycles. The minimum absolute atomic E-state index is 0.308. The van der Waals surface area contributed by atoms with Gasteiger partial charge >= 0.3 is 0 Å². The maximum Gasteiger partial charge on any atom is 0.0636 e. The van der Waals surface area contributed by atoms with Crippen LogP contribution in [-0.2, 0) is 6.54 Å². The highest BCUT2D eigenvalue weighted by Crippen LogP contribution is 2.20. The molecule has 2 N–H and O–H groups in total.